The minimum Gasteiger partial charge on any atom is -0.329 e. The van der Waals surface area contributed by atoms with Gasteiger partial charge < -0.3 is 11.1 Å². The van der Waals surface area contributed by atoms with Gasteiger partial charge in [-0.3, -0.25) is 9.48 Å². The van der Waals surface area contributed by atoms with Crippen LogP contribution in [-0.4, -0.2) is 32.4 Å². The normalized spacial score (nSPS) is 10.5. The quantitative estimate of drug-likeness (QED) is 0.872. The molecule has 0 unspecified atom stereocenters. The molecule has 0 aromatic carbocycles. The number of aromatic nitrogens is 4. The number of hydrogen-bond acceptors (Lipinski definition) is 5. The minimum absolute atomic E-state index is 0.232. The highest BCUT2D eigenvalue weighted by molar-refractivity contribution is 9.10. The van der Waals surface area contributed by atoms with Gasteiger partial charge in [0.15, 0.2) is 5.69 Å². The van der Waals surface area contributed by atoms with Crippen LogP contribution in [0.3, 0.4) is 0 Å². The van der Waals surface area contributed by atoms with Crippen LogP contribution >= 0.6 is 15.9 Å². The van der Waals surface area contributed by atoms with Crippen LogP contribution in [0.1, 0.15) is 16.1 Å². The van der Waals surface area contributed by atoms with Crippen LogP contribution in [0.25, 0.3) is 0 Å². The second kappa shape index (κ2) is 5.89. The Morgan fingerprint density at radius 3 is 3.05 bits per heavy atom. The molecule has 19 heavy (non-hydrogen) atoms. The number of carbonyl (C=O) groups is 1. The van der Waals surface area contributed by atoms with Gasteiger partial charge in [0.05, 0.1) is 12.7 Å². The summed E-state index contributed by atoms with van der Waals surface area (Å²) in [5.74, 6) is 0.122. The van der Waals surface area contributed by atoms with Gasteiger partial charge >= 0.3 is 0 Å². The highest BCUT2D eigenvalue weighted by Gasteiger charge is 2.11. The lowest BCUT2D eigenvalue weighted by Crippen LogP contribution is -2.14. The van der Waals surface area contributed by atoms with Gasteiger partial charge in [-0.25, -0.2) is 4.98 Å². The van der Waals surface area contributed by atoms with Crippen molar-refractivity contribution in [2.45, 2.75) is 13.5 Å². The zero-order valence-corrected chi connectivity index (χ0v) is 11.9. The van der Waals surface area contributed by atoms with Crippen molar-refractivity contribution < 1.29 is 4.79 Å². The van der Waals surface area contributed by atoms with E-state index in [1.54, 1.807) is 18.5 Å². The second-order valence-corrected chi connectivity index (χ2v) is 4.78. The summed E-state index contributed by atoms with van der Waals surface area (Å²) in [6, 6.07) is 1.77. The fraction of sp³-hybridized carbons (Fsp3) is 0.273. The molecule has 2 rings (SSSR count). The molecular weight excluding hydrogens is 312 g/mol. The molecule has 0 aliphatic heterocycles. The Morgan fingerprint density at radius 2 is 2.37 bits per heavy atom. The van der Waals surface area contributed by atoms with Crippen molar-refractivity contribution in [1.82, 2.24) is 20.0 Å². The molecule has 2 aromatic heterocycles. The summed E-state index contributed by atoms with van der Waals surface area (Å²) in [6.07, 6.45) is 3.18. The van der Waals surface area contributed by atoms with Crippen LogP contribution in [0.2, 0.25) is 0 Å². The average Bonchev–Trinajstić information content (AvgIpc) is 2.83. The van der Waals surface area contributed by atoms with Crippen LogP contribution in [-0.2, 0) is 6.54 Å². The molecule has 0 saturated heterocycles. The van der Waals surface area contributed by atoms with Crippen LogP contribution in [0, 0.1) is 6.92 Å². The third-order valence-corrected chi connectivity index (χ3v) is 3.25. The molecule has 3 N–H and O–H groups in total. The summed E-state index contributed by atoms with van der Waals surface area (Å²) in [5.41, 5.74) is 6.61. The van der Waals surface area contributed by atoms with E-state index in [1.807, 2.05) is 6.92 Å². The predicted molar refractivity (Wildman–Crippen MR) is 73.7 cm³/mol. The SMILES string of the molecule is Cc1cc(NC(=O)c2cn(CCN)nn2)ncc1Br. The van der Waals surface area contributed by atoms with Crippen LogP contribution in [0.15, 0.2) is 22.9 Å². The van der Waals surface area contributed by atoms with E-state index >= 15 is 0 Å². The van der Waals surface area contributed by atoms with Crippen molar-refractivity contribution in [2.24, 2.45) is 5.73 Å². The summed E-state index contributed by atoms with van der Waals surface area (Å²) < 4.78 is 2.41. The Balaban J connectivity index is 2.09. The van der Waals surface area contributed by atoms with Gasteiger partial charge in [0.25, 0.3) is 5.91 Å². The van der Waals surface area contributed by atoms with Gasteiger partial charge in [-0.15, -0.1) is 5.10 Å². The van der Waals surface area contributed by atoms with E-state index < -0.39 is 0 Å². The molecule has 0 bridgehead atoms. The summed E-state index contributed by atoms with van der Waals surface area (Å²) in [7, 11) is 0. The van der Waals surface area contributed by atoms with Crippen LogP contribution in [0.4, 0.5) is 5.82 Å². The van der Waals surface area contributed by atoms with Crippen molar-refractivity contribution in [3.8, 4) is 0 Å². The van der Waals surface area contributed by atoms with Crippen LogP contribution < -0.4 is 11.1 Å². The van der Waals surface area contributed by atoms with Crippen molar-refractivity contribution in [2.75, 3.05) is 11.9 Å². The molecule has 0 radical (unpaired) electrons. The highest BCUT2D eigenvalue weighted by Crippen LogP contribution is 2.17. The van der Waals surface area contributed by atoms with E-state index in [1.165, 1.54) is 4.68 Å². The molecule has 1 amide bonds. The van der Waals surface area contributed by atoms with Crippen molar-refractivity contribution >= 4 is 27.7 Å². The summed E-state index contributed by atoms with van der Waals surface area (Å²) in [5, 5.41) is 10.2. The lowest BCUT2D eigenvalue weighted by Gasteiger charge is -2.04. The van der Waals surface area contributed by atoms with E-state index in [4.69, 9.17) is 5.73 Å². The molecule has 0 fully saturated rings. The molecule has 2 heterocycles. The molecular formula is C11H13BrN6O. The Kier molecular flexibility index (Phi) is 4.23. The number of carbonyl (C=O) groups excluding carboxylic acids is 1. The van der Waals surface area contributed by atoms with E-state index in [0.29, 0.717) is 18.9 Å². The molecule has 0 spiro atoms. The number of halogens is 1. The zero-order valence-electron chi connectivity index (χ0n) is 10.3. The number of rotatable bonds is 4. The first kappa shape index (κ1) is 13.6. The fourth-order valence-corrected chi connectivity index (χ4v) is 1.65. The van der Waals surface area contributed by atoms with E-state index in [2.05, 4.69) is 36.5 Å². The number of amides is 1. The summed E-state index contributed by atoms with van der Waals surface area (Å²) >= 11 is 3.35. The Labute approximate surface area is 118 Å². The zero-order chi connectivity index (χ0) is 13.8. The van der Waals surface area contributed by atoms with Gasteiger partial charge in [-0.2, -0.15) is 0 Å². The smallest absolute Gasteiger partial charge is 0.278 e. The number of aryl methyl sites for hydroxylation is 1. The first-order chi connectivity index (χ1) is 9.10. The van der Waals surface area contributed by atoms with E-state index in [-0.39, 0.29) is 11.6 Å². The molecule has 0 aliphatic rings. The first-order valence-corrected chi connectivity index (χ1v) is 6.43. The largest absolute Gasteiger partial charge is 0.329 e. The molecule has 0 aliphatic carbocycles. The van der Waals surface area contributed by atoms with E-state index in [9.17, 15) is 4.79 Å². The van der Waals surface area contributed by atoms with Gasteiger partial charge in [0.2, 0.25) is 0 Å². The first-order valence-electron chi connectivity index (χ1n) is 5.64. The number of nitrogens with zero attached hydrogens (tertiary/aromatic N) is 4. The van der Waals surface area contributed by atoms with Crippen LogP contribution in [0.5, 0.6) is 0 Å². The fourth-order valence-electron chi connectivity index (χ4n) is 1.43. The Hall–Kier alpha value is -1.80. The lowest BCUT2D eigenvalue weighted by molar-refractivity contribution is 0.102. The number of nitrogens with one attached hydrogen (secondary N) is 1. The topological polar surface area (TPSA) is 98.7 Å². The summed E-state index contributed by atoms with van der Waals surface area (Å²) in [4.78, 5) is 16.0. The maximum Gasteiger partial charge on any atom is 0.278 e. The van der Waals surface area contributed by atoms with Gasteiger partial charge in [0.1, 0.15) is 5.82 Å². The number of anilines is 1. The summed E-state index contributed by atoms with van der Waals surface area (Å²) in [6.45, 7) is 2.88. The Bertz CT molecular complexity index is 597. The van der Waals surface area contributed by atoms with Gasteiger partial charge in [0, 0.05) is 17.2 Å². The van der Waals surface area contributed by atoms with Gasteiger partial charge in [-0.1, -0.05) is 5.21 Å². The predicted octanol–water partition coefficient (Wildman–Crippen LogP) is 0.955. The number of pyridine rings is 1. The van der Waals surface area contributed by atoms with Crippen molar-refractivity contribution in [1.29, 1.82) is 0 Å². The molecule has 8 heteroatoms. The lowest BCUT2D eigenvalue weighted by atomic mass is 10.3. The minimum atomic E-state index is -0.350. The third-order valence-electron chi connectivity index (χ3n) is 2.42. The number of nitrogens with two attached hydrogens (primary N) is 1. The monoisotopic (exact) mass is 324 g/mol. The average molecular weight is 325 g/mol. The Morgan fingerprint density at radius 1 is 1.58 bits per heavy atom. The van der Waals surface area contributed by atoms with Gasteiger partial charge in [-0.05, 0) is 34.5 Å². The molecule has 100 valence electrons. The molecule has 7 nitrogen and oxygen atoms in total. The van der Waals surface area contributed by atoms with E-state index in [0.717, 1.165) is 10.0 Å². The second-order valence-electron chi connectivity index (χ2n) is 3.93. The molecule has 0 saturated carbocycles. The standard InChI is InChI=1S/C11H13BrN6O/c1-7-4-10(14-5-8(7)12)15-11(19)9-6-18(3-2-13)17-16-9/h4-6H,2-3,13H2,1H3,(H,14,15,19). The van der Waals surface area contributed by atoms with Crippen molar-refractivity contribution in [3.63, 3.8) is 0 Å². The maximum absolute atomic E-state index is 11.9. The van der Waals surface area contributed by atoms with Crippen molar-refractivity contribution in [3.05, 3.63) is 34.2 Å². The maximum atomic E-state index is 11.9. The third kappa shape index (κ3) is 3.36. The highest BCUT2D eigenvalue weighted by atomic mass is 79.9. The number of hydrogen-bond donors (Lipinski definition) is 2. The molecule has 0 atom stereocenters. The molecule has 2 aromatic rings.